The second kappa shape index (κ2) is 2.38. The number of allylic oxidation sites excluding steroid dienone is 1. The van der Waals surface area contributed by atoms with E-state index in [2.05, 4.69) is 6.08 Å². The minimum atomic E-state index is -0.583. The number of hydrogen-bond donors (Lipinski definition) is 0. The maximum absolute atomic E-state index is 10.5. The molecule has 1 unspecified atom stereocenters. The predicted molar refractivity (Wildman–Crippen MR) is 30.3 cm³/mol. The van der Waals surface area contributed by atoms with Crippen molar-refractivity contribution in [3.8, 4) is 0 Å². The van der Waals surface area contributed by atoms with Crippen LogP contribution in [-0.2, 0) is 11.2 Å². The SMILES string of the molecule is [O-][S+]1C[C]=CCC1. The fourth-order valence-electron chi connectivity index (χ4n) is 0.516. The van der Waals surface area contributed by atoms with Crippen molar-refractivity contribution in [3.63, 3.8) is 0 Å². The van der Waals surface area contributed by atoms with Gasteiger partial charge in [0.15, 0.2) is 0 Å². The van der Waals surface area contributed by atoms with Gasteiger partial charge in [-0.25, -0.2) is 0 Å². The molecule has 7 heavy (non-hydrogen) atoms. The maximum Gasteiger partial charge on any atom is 0.130 e. The van der Waals surface area contributed by atoms with E-state index in [1.54, 1.807) is 0 Å². The van der Waals surface area contributed by atoms with Crippen molar-refractivity contribution in [2.45, 2.75) is 6.42 Å². The summed E-state index contributed by atoms with van der Waals surface area (Å²) in [5.74, 6) is 1.49. The van der Waals surface area contributed by atoms with E-state index in [4.69, 9.17) is 0 Å². The third-order valence-electron chi connectivity index (χ3n) is 0.879. The summed E-state index contributed by atoms with van der Waals surface area (Å²) in [6.07, 6.45) is 5.82. The zero-order valence-corrected chi connectivity index (χ0v) is 4.83. The van der Waals surface area contributed by atoms with E-state index < -0.39 is 11.2 Å². The van der Waals surface area contributed by atoms with E-state index in [1.807, 2.05) is 6.08 Å². The Balaban J connectivity index is 2.32. The summed E-state index contributed by atoms with van der Waals surface area (Å²) in [5, 5.41) is 0. The van der Waals surface area contributed by atoms with Crippen LogP contribution in [0.5, 0.6) is 0 Å². The van der Waals surface area contributed by atoms with Crippen molar-refractivity contribution in [1.29, 1.82) is 0 Å². The molecule has 0 aromatic rings. The number of rotatable bonds is 0. The van der Waals surface area contributed by atoms with Gasteiger partial charge >= 0.3 is 0 Å². The lowest BCUT2D eigenvalue weighted by Gasteiger charge is -2.09. The van der Waals surface area contributed by atoms with Crippen LogP contribution < -0.4 is 0 Å². The second-order valence-electron chi connectivity index (χ2n) is 1.49. The molecule has 0 saturated heterocycles. The third kappa shape index (κ3) is 1.53. The maximum atomic E-state index is 10.5. The molecule has 1 aliphatic rings. The summed E-state index contributed by atoms with van der Waals surface area (Å²) in [4.78, 5) is 0. The average Bonchev–Trinajstić information content (AvgIpc) is 1.69. The molecule has 1 heterocycles. The lowest BCUT2D eigenvalue weighted by molar-refractivity contribution is 0.595. The van der Waals surface area contributed by atoms with E-state index >= 15 is 0 Å². The second-order valence-corrected chi connectivity index (χ2v) is 3.06. The zero-order chi connectivity index (χ0) is 5.11. The molecule has 1 radical (unpaired) electrons. The van der Waals surface area contributed by atoms with E-state index in [0.717, 1.165) is 12.2 Å². The molecule has 0 saturated carbocycles. The van der Waals surface area contributed by atoms with Gasteiger partial charge in [0.25, 0.3) is 0 Å². The van der Waals surface area contributed by atoms with E-state index in [1.165, 1.54) is 0 Å². The Kier molecular flexibility index (Phi) is 1.77. The molecule has 0 spiro atoms. The smallest absolute Gasteiger partial charge is 0.130 e. The van der Waals surface area contributed by atoms with Crippen LogP contribution in [0.15, 0.2) is 6.08 Å². The quantitative estimate of drug-likeness (QED) is 0.421. The van der Waals surface area contributed by atoms with Gasteiger partial charge in [-0.15, -0.1) is 0 Å². The Morgan fingerprint density at radius 3 is 2.86 bits per heavy atom. The van der Waals surface area contributed by atoms with Crippen molar-refractivity contribution in [3.05, 3.63) is 12.2 Å². The van der Waals surface area contributed by atoms with Gasteiger partial charge in [-0.1, -0.05) is 6.08 Å². The molecule has 39 valence electrons. The van der Waals surface area contributed by atoms with Gasteiger partial charge in [0.05, 0.1) is 0 Å². The standard InChI is InChI=1S/C5H7OS/c6-7-4-2-1-3-5-7/h1H,2,4-5H2. The summed E-state index contributed by atoms with van der Waals surface area (Å²) in [6, 6.07) is 0. The largest absolute Gasteiger partial charge is 0.616 e. The fourth-order valence-corrected chi connectivity index (χ4v) is 1.35. The topological polar surface area (TPSA) is 23.1 Å². The highest BCUT2D eigenvalue weighted by Crippen LogP contribution is 2.00. The average molecular weight is 115 g/mol. The van der Waals surface area contributed by atoms with Crippen LogP contribution in [-0.4, -0.2) is 16.1 Å². The first-order valence-corrected chi connectivity index (χ1v) is 3.78. The minimum Gasteiger partial charge on any atom is -0.616 e. The van der Waals surface area contributed by atoms with Gasteiger partial charge in [-0.2, -0.15) is 0 Å². The molecule has 0 aromatic heterocycles. The predicted octanol–water partition coefficient (Wildman–Crippen LogP) is 0.498. The van der Waals surface area contributed by atoms with Crippen molar-refractivity contribution < 1.29 is 4.55 Å². The molecule has 1 aliphatic heterocycles. The normalized spacial score (nSPS) is 30.7. The highest BCUT2D eigenvalue weighted by Gasteiger charge is 2.04. The molecular formula is C5H7OS. The van der Waals surface area contributed by atoms with E-state index in [-0.39, 0.29) is 0 Å². The third-order valence-corrected chi connectivity index (χ3v) is 2.06. The Labute approximate surface area is 46.6 Å². The Morgan fingerprint density at radius 2 is 2.57 bits per heavy atom. The van der Waals surface area contributed by atoms with Gasteiger partial charge < -0.3 is 4.55 Å². The monoisotopic (exact) mass is 115 g/mol. The van der Waals surface area contributed by atoms with Crippen LogP contribution in [0.2, 0.25) is 0 Å². The molecule has 0 bridgehead atoms. The summed E-state index contributed by atoms with van der Waals surface area (Å²) in [7, 11) is 0. The van der Waals surface area contributed by atoms with E-state index in [0.29, 0.717) is 5.75 Å². The Morgan fingerprint density at radius 1 is 1.71 bits per heavy atom. The molecule has 0 fully saturated rings. The molecule has 1 nitrogen and oxygen atoms in total. The molecule has 1 atom stereocenters. The first kappa shape index (κ1) is 5.19. The van der Waals surface area contributed by atoms with Crippen molar-refractivity contribution in [1.82, 2.24) is 0 Å². The van der Waals surface area contributed by atoms with Crippen LogP contribution in [0.25, 0.3) is 0 Å². The van der Waals surface area contributed by atoms with Gasteiger partial charge in [-0.3, -0.25) is 0 Å². The highest BCUT2D eigenvalue weighted by atomic mass is 32.2. The van der Waals surface area contributed by atoms with Gasteiger partial charge in [0.1, 0.15) is 11.5 Å². The van der Waals surface area contributed by atoms with Gasteiger partial charge in [0.2, 0.25) is 0 Å². The lowest BCUT2D eigenvalue weighted by atomic mass is 10.4. The summed E-state index contributed by atoms with van der Waals surface area (Å²) in [5.41, 5.74) is 0. The highest BCUT2D eigenvalue weighted by molar-refractivity contribution is 7.91. The Bertz CT molecular complexity index is 80.1. The van der Waals surface area contributed by atoms with Crippen LogP contribution >= 0.6 is 0 Å². The molecule has 0 amide bonds. The van der Waals surface area contributed by atoms with Crippen LogP contribution in [0.1, 0.15) is 6.42 Å². The summed E-state index contributed by atoms with van der Waals surface area (Å²) < 4.78 is 10.5. The van der Waals surface area contributed by atoms with Crippen molar-refractivity contribution in [2.24, 2.45) is 0 Å². The first-order chi connectivity index (χ1) is 3.39. The van der Waals surface area contributed by atoms with Crippen molar-refractivity contribution in [2.75, 3.05) is 11.5 Å². The van der Waals surface area contributed by atoms with Crippen LogP contribution in [0, 0.1) is 6.08 Å². The molecule has 2 heteroatoms. The zero-order valence-electron chi connectivity index (χ0n) is 4.02. The van der Waals surface area contributed by atoms with Crippen LogP contribution in [0.3, 0.4) is 0 Å². The first-order valence-electron chi connectivity index (χ1n) is 2.29. The van der Waals surface area contributed by atoms with Crippen molar-refractivity contribution >= 4 is 11.2 Å². The van der Waals surface area contributed by atoms with E-state index in [9.17, 15) is 4.55 Å². The fraction of sp³-hybridized carbons (Fsp3) is 0.600. The Hall–Kier alpha value is 0.0500. The summed E-state index contributed by atoms with van der Waals surface area (Å²) in [6.45, 7) is 0. The molecule has 0 N–H and O–H groups in total. The van der Waals surface area contributed by atoms with Crippen LogP contribution in [0.4, 0.5) is 0 Å². The molecular weight excluding hydrogens is 108 g/mol. The molecule has 0 aromatic carbocycles. The van der Waals surface area contributed by atoms with Gasteiger partial charge in [-0.05, 0) is 11.2 Å². The summed E-state index contributed by atoms with van der Waals surface area (Å²) >= 11 is -0.583. The molecule has 0 aliphatic carbocycles. The lowest BCUT2D eigenvalue weighted by Crippen LogP contribution is -2.12. The molecule has 1 rings (SSSR count). The van der Waals surface area contributed by atoms with Gasteiger partial charge in [0, 0.05) is 12.5 Å². The number of hydrogen-bond acceptors (Lipinski definition) is 1. The minimum absolute atomic E-state index is 0.583.